The summed E-state index contributed by atoms with van der Waals surface area (Å²) in [7, 11) is -3.78. The number of nitrogens with zero attached hydrogens (tertiary/aromatic N) is 2. The van der Waals surface area contributed by atoms with Gasteiger partial charge in [-0.15, -0.1) is 0 Å². The van der Waals surface area contributed by atoms with Gasteiger partial charge in [0.15, 0.2) is 0 Å². The molecule has 0 aromatic heterocycles. The van der Waals surface area contributed by atoms with E-state index in [1.54, 1.807) is 12.1 Å². The van der Waals surface area contributed by atoms with Gasteiger partial charge >= 0.3 is 0 Å². The van der Waals surface area contributed by atoms with E-state index in [0.717, 1.165) is 11.1 Å². The molecule has 0 bridgehead atoms. The van der Waals surface area contributed by atoms with Crippen molar-refractivity contribution in [3.8, 4) is 0 Å². The molecule has 8 nitrogen and oxygen atoms in total. The fraction of sp³-hybridized carbons (Fsp3) is 0.435. The molecule has 0 atom stereocenters. The summed E-state index contributed by atoms with van der Waals surface area (Å²) in [6.45, 7) is 5.98. The van der Waals surface area contributed by atoms with Gasteiger partial charge in [0.05, 0.1) is 32.1 Å². The molecule has 32 heavy (non-hydrogen) atoms. The molecule has 0 spiro atoms. The van der Waals surface area contributed by atoms with Gasteiger partial charge in [0, 0.05) is 38.3 Å². The lowest BCUT2D eigenvalue weighted by molar-refractivity contribution is 0.0730. The van der Waals surface area contributed by atoms with Gasteiger partial charge in [-0.3, -0.25) is 4.79 Å². The summed E-state index contributed by atoms with van der Waals surface area (Å²) in [5.41, 5.74) is 3.03. The third-order valence-electron chi connectivity index (χ3n) is 5.70. The monoisotopic (exact) mass is 459 g/mol. The zero-order valence-corrected chi connectivity index (χ0v) is 19.1. The number of nitrogens with one attached hydrogen (secondary N) is 1. The van der Waals surface area contributed by atoms with Crippen molar-refractivity contribution in [3.05, 3.63) is 59.2 Å². The van der Waals surface area contributed by atoms with Crippen LogP contribution in [0.4, 0.5) is 5.69 Å². The lowest BCUT2D eigenvalue weighted by Crippen LogP contribution is -2.42. The molecule has 1 amide bonds. The maximum absolute atomic E-state index is 13.5. The van der Waals surface area contributed by atoms with Crippen LogP contribution in [-0.4, -0.2) is 71.2 Å². The van der Waals surface area contributed by atoms with Crippen LogP contribution in [0, 0.1) is 6.92 Å². The maximum atomic E-state index is 13.5. The average molecular weight is 460 g/mol. The van der Waals surface area contributed by atoms with Gasteiger partial charge in [-0.25, -0.2) is 8.42 Å². The van der Waals surface area contributed by atoms with Crippen molar-refractivity contribution < 1.29 is 22.7 Å². The lowest BCUT2D eigenvalue weighted by atomic mass is 10.1. The number of benzene rings is 2. The summed E-state index contributed by atoms with van der Waals surface area (Å²) < 4.78 is 39.2. The largest absolute Gasteiger partial charge is 0.379 e. The van der Waals surface area contributed by atoms with E-state index in [1.165, 1.54) is 10.4 Å². The van der Waals surface area contributed by atoms with Gasteiger partial charge in [-0.1, -0.05) is 29.8 Å². The standard InChI is InChI=1S/C23H29N3O5S/c1-18-3-2-4-19(15-18)17-24-23(27)20-5-6-21(25-7-11-30-12-8-25)22(16-20)32(28,29)26-9-13-31-14-10-26/h2-6,15-16H,7-14,17H2,1H3,(H,24,27). The van der Waals surface area contributed by atoms with Crippen LogP contribution in [0.3, 0.4) is 0 Å². The highest BCUT2D eigenvalue weighted by atomic mass is 32.2. The van der Waals surface area contributed by atoms with E-state index in [0.29, 0.717) is 70.4 Å². The molecular formula is C23H29N3O5S. The van der Waals surface area contributed by atoms with E-state index in [4.69, 9.17) is 9.47 Å². The molecule has 0 saturated carbocycles. The molecule has 2 aliphatic rings. The Morgan fingerprint density at radius 3 is 2.34 bits per heavy atom. The number of carbonyl (C=O) groups excluding carboxylic acids is 1. The van der Waals surface area contributed by atoms with Gasteiger partial charge in [-0.2, -0.15) is 4.31 Å². The number of morpholine rings is 2. The molecular weight excluding hydrogens is 430 g/mol. The number of carbonyl (C=O) groups is 1. The Morgan fingerprint density at radius 2 is 1.66 bits per heavy atom. The molecule has 2 saturated heterocycles. The van der Waals surface area contributed by atoms with Crippen molar-refractivity contribution in [3.63, 3.8) is 0 Å². The zero-order valence-electron chi connectivity index (χ0n) is 18.2. The molecule has 0 radical (unpaired) electrons. The summed E-state index contributed by atoms with van der Waals surface area (Å²) in [6, 6.07) is 12.8. The Balaban J connectivity index is 1.62. The first-order chi connectivity index (χ1) is 15.4. The zero-order chi connectivity index (χ0) is 22.6. The van der Waals surface area contributed by atoms with Crippen LogP contribution in [0.5, 0.6) is 0 Å². The summed E-state index contributed by atoms with van der Waals surface area (Å²) >= 11 is 0. The molecule has 0 unspecified atom stereocenters. The average Bonchev–Trinajstić information content (AvgIpc) is 2.83. The van der Waals surface area contributed by atoms with Crippen molar-refractivity contribution in [2.24, 2.45) is 0 Å². The number of ether oxygens (including phenoxy) is 2. The second-order valence-electron chi connectivity index (χ2n) is 7.97. The first-order valence-corrected chi connectivity index (χ1v) is 12.3. The van der Waals surface area contributed by atoms with Crippen LogP contribution in [0.1, 0.15) is 21.5 Å². The fourth-order valence-electron chi connectivity index (χ4n) is 3.96. The third-order valence-corrected chi connectivity index (χ3v) is 7.62. The maximum Gasteiger partial charge on any atom is 0.251 e. The molecule has 2 aromatic carbocycles. The normalized spacial score (nSPS) is 17.8. The first kappa shape index (κ1) is 22.7. The quantitative estimate of drug-likeness (QED) is 0.709. The molecule has 4 rings (SSSR count). The van der Waals surface area contributed by atoms with E-state index >= 15 is 0 Å². The second-order valence-corrected chi connectivity index (χ2v) is 9.88. The van der Waals surface area contributed by atoms with Crippen molar-refractivity contribution in [1.82, 2.24) is 9.62 Å². The molecule has 9 heteroatoms. The summed E-state index contributed by atoms with van der Waals surface area (Å²) in [6.07, 6.45) is 0. The molecule has 2 heterocycles. The Bertz CT molecular complexity index is 1060. The van der Waals surface area contributed by atoms with Crippen LogP contribution in [0.2, 0.25) is 0 Å². The molecule has 172 valence electrons. The predicted octanol–water partition coefficient (Wildman–Crippen LogP) is 1.78. The van der Waals surface area contributed by atoms with Gasteiger partial charge in [0.2, 0.25) is 10.0 Å². The minimum Gasteiger partial charge on any atom is -0.379 e. The number of hydrogen-bond acceptors (Lipinski definition) is 6. The summed E-state index contributed by atoms with van der Waals surface area (Å²) in [4.78, 5) is 15.0. The van der Waals surface area contributed by atoms with Crippen LogP contribution in [-0.2, 0) is 26.0 Å². The number of sulfonamides is 1. The van der Waals surface area contributed by atoms with Crippen molar-refractivity contribution in [2.75, 3.05) is 57.5 Å². The minimum atomic E-state index is -3.78. The van der Waals surface area contributed by atoms with Gasteiger partial charge in [0.1, 0.15) is 4.90 Å². The Hall–Kier alpha value is -2.46. The summed E-state index contributed by atoms with van der Waals surface area (Å²) in [5.74, 6) is -0.307. The number of aryl methyl sites for hydroxylation is 1. The predicted molar refractivity (Wildman–Crippen MR) is 121 cm³/mol. The number of rotatable bonds is 6. The highest BCUT2D eigenvalue weighted by molar-refractivity contribution is 7.89. The SMILES string of the molecule is Cc1cccc(CNC(=O)c2ccc(N3CCOCC3)c(S(=O)(=O)N3CCOCC3)c2)c1. The topological polar surface area (TPSA) is 88.2 Å². The second kappa shape index (κ2) is 9.99. The van der Waals surface area contributed by atoms with Gasteiger partial charge in [0.25, 0.3) is 5.91 Å². The summed E-state index contributed by atoms with van der Waals surface area (Å²) in [5, 5.41) is 2.90. The minimum absolute atomic E-state index is 0.157. The Labute approximate surface area is 189 Å². The number of anilines is 1. The van der Waals surface area contributed by atoms with Crippen LogP contribution >= 0.6 is 0 Å². The number of hydrogen-bond donors (Lipinski definition) is 1. The molecule has 1 N–H and O–H groups in total. The third kappa shape index (κ3) is 5.12. The number of amides is 1. The highest BCUT2D eigenvalue weighted by Gasteiger charge is 2.31. The lowest BCUT2D eigenvalue weighted by Gasteiger charge is -2.32. The van der Waals surface area contributed by atoms with Crippen molar-refractivity contribution in [2.45, 2.75) is 18.4 Å². The van der Waals surface area contributed by atoms with Crippen LogP contribution < -0.4 is 10.2 Å². The smallest absolute Gasteiger partial charge is 0.251 e. The molecule has 2 aromatic rings. The molecule has 2 fully saturated rings. The Kier molecular flexibility index (Phi) is 7.10. The van der Waals surface area contributed by atoms with Gasteiger partial charge < -0.3 is 19.7 Å². The van der Waals surface area contributed by atoms with Crippen LogP contribution in [0.15, 0.2) is 47.4 Å². The fourth-order valence-corrected chi connectivity index (χ4v) is 5.61. The van der Waals surface area contributed by atoms with E-state index in [-0.39, 0.29) is 10.8 Å². The van der Waals surface area contributed by atoms with E-state index in [9.17, 15) is 13.2 Å². The highest BCUT2D eigenvalue weighted by Crippen LogP contribution is 2.30. The molecule has 0 aliphatic carbocycles. The van der Waals surface area contributed by atoms with E-state index in [1.807, 2.05) is 36.1 Å². The van der Waals surface area contributed by atoms with E-state index < -0.39 is 10.0 Å². The molecule has 2 aliphatic heterocycles. The van der Waals surface area contributed by atoms with Crippen molar-refractivity contribution in [1.29, 1.82) is 0 Å². The van der Waals surface area contributed by atoms with E-state index in [2.05, 4.69) is 5.32 Å². The van der Waals surface area contributed by atoms with Crippen molar-refractivity contribution >= 4 is 21.6 Å². The Morgan fingerprint density at radius 1 is 0.969 bits per heavy atom. The van der Waals surface area contributed by atoms with Gasteiger partial charge in [-0.05, 0) is 30.7 Å². The first-order valence-electron chi connectivity index (χ1n) is 10.8. The van der Waals surface area contributed by atoms with Crippen LogP contribution in [0.25, 0.3) is 0 Å².